The second kappa shape index (κ2) is 14.6. The Hall–Kier alpha value is -6.08. The van der Waals surface area contributed by atoms with E-state index in [4.69, 9.17) is 4.74 Å². The number of para-hydroxylation sites is 1. The molecule has 6 heterocycles. The van der Waals surface area contributed by atoms with Gasteiger partial charge >= 0.3 is 12.1 Å². The van der Waals surface area contributed by atoms with Gasteiger partial charge in [0, 0.05) is 54.6 Å². The number of fused-ring (bicyclic) bond motifs is 4. The van der Waals surface area contributed by atoms with E-state index in [-0.39, 0.29) is 36.4 Å². The van der Waals surface area contributed by atoms with Crippen molar-refractivity contribution < 1.29 is 24.2 Å². The highest BCUT2D eigenvalue weighted by molar-refractivity contribution is 7.22. The van der Waals surface area contributed by atoms with Gasteiger partial charge in [0.15, 0.2) is 10.8 Å². The molecule has 2 amide bonds. The Balaban J connectivity index is 0.868. The molecule has 2 unspecified atom stereocenters. The Morgan fingerprint density at radius 1 is 0.909 bits per heavy atom. The monoisotopic (exact) mass is 753 g/mol. The molecule has 13 heteroatoms. The van der Waals surface area contributed by atoms with E-state index < -0.39 is 5.97 Å². The number of nitrogens with zero attached hydrogens (tertiary/aromatic N) is 6. The number of ether oxygens (including phenoxy) is 1. The van der Waals surface area contributed by atoms with Gasteiger partial charge in [0.25, 0.3) is 5.91 Å². The first kappa shape index (κ1) is 34.7. The smallest absolute Gasteiger partial charge is 0.410 e. The molecule has 2 saturated heterocycles. The van der Waals surface area contributed by atoms with Crippen LogP contribution < -0.4 is 10.2 Å². The normalized spacial score (nSPS) is 18.9. The number of carboxylic acids is 1. The molecule has 2 bridgehead atoms. The summed E-state index contributed by atoms with van der Waals surface area (Å²) in [4.78, 5) is 52.4. The number of rotatable bonds is 9. The molecule has 3 aliphatic heterocycles. The Bertz CT molecular complexity index is 2360. The molecular weight excluding hydrogens is 715 g/mol. The number of benzene rings is 3. The number of hydrogen-bond acceptors (Lipinski definition) is 9. The van der Waals surface area contributed by atoms with E-state index in [0.717, 1.165) is 52.6 Å². The molecule has 3 aliphatic rings. The second-order valence-corrected chi connectivity index (χ2v) is 15.6. The van der Waals surface area contributed by atoms with E-state index in [1.54, 1.807) is 12.3 Å². The fourth-order valence-electron chi connectivity index (χ4n) is 8.50. The van der Waals surface area contributed by atoms with Crippen molar-refractivity contribution in [2.45, 2.75) is 63.9 Å². The number of carbonyl (C=O) groups excluding carboxylic acids is 2. The minimum Gasteiger partial charge on any atom is -0.476 e. The zero-order valence-corrected chi connectivity index (χ0v) is 30.8. The van der Waals surface area contributed by atoms with E-state index >= 15 is 0 Å². The van der Waals surface area contributed by atoms with Gasteiger partial charge in [0.05, 0.1) is 16.4 Å². The number of carbonyl (C=O) groups is 3. The number of aromatic carboxylic acids is 1. The zero-order valence-electron chi connectivity index (χ0n) is 30.0. The molecule has 278 valence electrons. The molecule has 9 rings (SSSR count). The van der Waals surface area contributed by atoms with Crippen molar-refractivity contribution in [1.29, 1.82) is 0 Å². The Kier molecular flexibility index (Phi) is 9.22. The van der Waals surface area contributed by atoms with Crippen molar-refractivity contribution in [1.82, 2.24) is 24.6 Å². The van der Waals surface area contributed by atoms with Crippen molar-refractivity contribution in [3.63, 3.8) is 0 Å². The standard InChI is InChI=1S/C42H39N7O5S/c50-39(46-41-44-35-11-4-5-12-36(35)55-41)33-10-6-9-28-17-18-47(24-34(28)33)37-16-15-32(38(45-37)40(51)52)29-21-43-48(23-29)22-27-19-30-13-14-31(20-27)49(30)42(53)54-25-26-7-2-1-3-8-26/h1-12,15-16,21,23,27,30-31H,13-14,17-20,22,24-25H2,(H,51,52)(H,44,46,50). The van der Waals surface area contributed by atoms with Gasteiger partial charge in [-0.05, 0) is 85.0 Å². The lowest BCUT2D eigenvalue weighted by molar-refractivity contribution is 0.0502. The molecule has 0 saturated carbocycles. The number of nitrogens with one attached hydrogen (secondary N) is 1. The van der Waals surface area contributed by atoms with Crippen LogP contribution in [0.3, 0.4) is 0 Å². The predicted molar refractivity (Wildman–Crippen MR) is 209 cm³/mol. The third-order valence-corrected chi connectivity index (χ3v) is 12.0. The molecule has 12 nitrogen and oxygen atoms in total. The lowest BCUT2D eigenvalue weighted by atomic mass is 9.91. The molecule has 0 aliphatic carbocycles. The van der Waals surface area contributed by atoms with Gasteiger partial charge in [-0.3, -0.25) is 14.8 Å². The maximum Gasteiger partial charge on any atom is 0.410 e. The highest BCUT2D eigenvalue weighted by atomic mass is 32.1. The van der Waals surface area contributed by atoms with Gasteiger partial charge in [0.2, 0.25) is 0 Å². The van der Waals surface area contributed by atoms with Crippen LogP contribution in [0, 0.1) is 5.92 Å². The van der Waals surface area contributed by atoms with Crippen LogP contribution in [0.2, 0.25) is 0 Å². The molecule has 0 spiro atoms. The molecule has 6 aromatic rings. The molecule has 3 aromatic heterocycles. The Morgan fingerprint density at radius 2 is 1.71 bits per heavy atom. The Morgan fingerprint density at radius 3 is 2.51 bits per heavy atom. The van der Waals surface area contributed by atoms with Crippen molar-refractivity contribution in [2.24, 2.45) is 5.92 Å². The van der Waals surface area contributed by atoms with Crippen molar-refractivity contribution in [3.05, 3.63) is 125 Å². The molecule has 2 atom stereocenters. The van der Waals surface area contributed by atoms with Crippen LogP contribution in [0.1, 0.15) is 63.2 Å². The van der Waals surface area contributed by atoms with Gasteiger partial charge in [-0.25, -0.2) is 19.6 Å². The molecule has 3 aromatic carbocycles. The van der Waals surface area contributed by atoms with E-state index in [1.165, 1.54) is 11.3 Å². The summed E-state index contributed by atoms with van der Waals surface area (Å²) in [6, 6.07) is 27.2. The molecule has 2 N–H and O–H groups in total. The number of aromatic nitrogens is 4. The summed E-state index contributed by atoms with van der Waals surface area (Å²) >= 11 is 1.43. The van der Waals surface area contributed by atoms with Gasteiger partial charge in [0.1, 0.15) is 12.4 Å². The topological polar surface area (TPSA) is 143 Å². The number of thiazole rings is 1. The van der Waals surface area contributed by atoms with E-state index in [1.807, 2.05) is 99.5 Å². The van der Waals surface area contributed by atoms with Crippen LogP contribution in [0.15, 0.2) is 97.3 Å². The van der Waals surface area contributed by atoms with Crippen LogP contribution in [-0.2, 0) is 30.9 Å². The second-order valence-electron chi connectivity index (χ2n) is 14.5. The number of anilines is 2. The number of pyridine rings is 1. The fraction of sp³-hybridized carbons (Fsp3) is 0.286. The summed E-state index contributed by atoms with van der Waals surface area (Å²) in [5, 5.41) is 18.5. The van der Waals surface area contributed by atoms with Crippen molar-refractivity contribution in [3.8, 4) is 11.1 Å². The first-order valence-electron chi connectivity index (χ1n) is 18.6. The molecule has 2 fully saturated rings. The van der Waals surface area contributed by atoms with Gasteiger partial charge < -0.3 is 19.6 Å². The van der Waals surface area contributed by atoms with Crippen LogP contribution >= 0.6 is 11.3 Å². The summed E-state index contributed by atoms with van der Waals surface area (Å²) in [5.41, 5.74) is 5.46. The van der Waals surface area contributed by atoms with Crippen LogP contribution in [-0.4, -0.2) is 66.4 Å². The summed E-state index contributed by atoms with van der Waals surface area (Å²) in [6.07, 6.45) is 7.70. The molecule has 0 radical (unpaired) electrons. The van der Waals surface area contributed by atoms with Gasteiger partial charge in [-0.15, -0.1) is 0 Å². The third kappa shape index (κ3) is 7.03. The predicted octanol–water partition coefficient (Wildman–Crippen LogP) is 7.65. The first-order valence-corrected chi connectivity index (χ1v) is 19.5. The SMILES string of the molecule is O=C(Nc1nc2ccccc2s1)c1cccc2c1CN(c1ccc(-c3cnn(CC4CC5CCC(C4)N5C(=O)OCc4ccccc4)c3)c(C(=O)O)n1)CC2. The maximum atomic E-state index is 13.5. The van der Waals surface area contributed by atoms with E-state index in [0.29, 0.717) is 59.6 Å². The minimum atomic E-state index is -1.12. The fourth-order valence-corrected chi connectivity index (χ4v) is 9.36. The highest BCUT2D eigenvalue weighted by Crippen LogP contribution is 2.40. The minimum absolute atomic E-state index is 0.0509. The largest absolute Gasteiger partial charge is 0.476 e. The zero-order chi connectivity index (χ0) is 37.5. The number of piperidine rings is 1. The summed E-state index contributed by atoms with van der Waals surface area (Å²) in [7, 11) is 0. The molecular formula is C42H39N7O5S. The van der Waals surface area contributed by atoms with Crippen LogP contribution in [0.25, 0.3) is 21.3 Å². The quantitative estimate of drug-likeness (QED) is 0.152. The number of carboxylic acid groups (broad SMARTS) is 1. The van der Waals surface area contributed by atoms with E-state index in [9.17, 15) is 19.5 Å². The average molecular weight is 754 g/mol. The van der Waals surface area contributed by atoms with Crippen molar-refractivity contribution in [2.75, 3.05) is 16.8 Å². The van der Waals surface area contributed by atoms with Gasteiger partial charge in [-0.2, -0.15) is 5.10 Å². The lowest BCUT2D eigenvalue weighted by Crippen LogP contribution is -2.47. The summed E-state index contributed by atoms with van der Waals surface area (Å²) in [5.74, 6) is -0.493. The third-order valence-electron chi connectivity index (χ3n) is 11.1. The van der Waals surface area contributed by atoms with Gasteiger partial charge in [-0.1, -0.05) is 65.9 Å². The molecule has 55 heavy (non-hydrogen) atoms. The average Bonchev–Trinajstić information content (AvgIpc) is 3.92. The maximum absolute atomic E-state index is 13.5. The Labute approximate surface area is 321 Å². The highest BCUT2D eigenvalue weighted by Gasteiger charge is 2.44. The summed E-state index contributed by atoms with van der Waals surface area (Å²) in [6.45, 7) is 1.98. The van der Waals surface area contributed by atoms with Crippen molar-refractivity contribution >= 4 is 50.5 Å². The van der Waals surface area contributed by atoms with Crippen LogP contribution in [0.4, 0.5) is 15.7 Å². The number of hydrogen-bond donors (Lipinski definition) is 2. The first-order chi connectivity index (χ1) is 26.9. The van der Waals surface area contributed by atoms with Crippen LogP contribution in [0.5, 0.6) is 0 Å². The lowest BCUT2D eigenvalue weighted by Gasteiger charge is -2.38. The summed E-state index contributed by atoms with van der Waals surface area (Å²) < 4.78 is 8.56. The van der Waals surface area contributed by atoms with E-state index in [2.05, 4.69) is 20.4 Å². The number of amides is 2.